The molecular formula is C19H47N5O3Si2. The summed E-state index contributed by atoms with van der Waals surface area (Å²) in [4.78, 5) is 14.4. The van der Waals surface area contributed by atoms with Crippen LogP contribution in [-0.2, 0) is 13.6 Å². The molecule has 0 spiro atoms. The molecule has 0 fully saturated rings. The molecule has 0 rings (SSSR count). The molecule has 0 amide bonds. The van der Waals surface area contributed by atoms with E-state index in [9.17, 15) is 4.79 Å². The molecule has 0 saturated heterocycles. The van der Waals surface area contributed by atoms with Crippen LogP contribution >= 0.6 is 0 Å². The highest BCUT2D eigenvalue weighted by atomic mass is 28.4. The first-order chi connectivity index (χ1) is 13.6. The minimum Gasteiger partial charge on any atom is -0.466 e. The summed E-state index contributed by atoms with van der Waals surface area (Å²) in [6.45, 7) is 19.2. The van der Waals surface area contributed by atoms with Gasteiger partial charge in [-0.2, -0.15) is 0 Å². The largest absolute Gasteiger partial charge is 0.466 e. The van der Waals surface area contributed by atoms with Crippen LogP contribution < -0.4 is 21.3 Å². The van der Waals surface area contributed by atoms with Crippen LogP contribution in [0.5, 0.6) is 0 Å². The second-order valence-corrected chi connectivity index (χ2v) is 17.8. The van der Waals surface area contributed by atoms with Gasteiger partial charge in [-0.15, -0.1) is 0 Å². The van der Waals surface area contributed by atoms with Gasteiger partial charge in [0.2, 0.25) is 8.32 Å². The maximum absolute atomic E-state index is 12.0. The fourth-order valence-corrected chi connectivity index (χ4v) is 10.3. The average Bonchev–Trinajstić information content (AvgIpc) is 2.61. The van der Waals surface area contributed by atoms with E-state index in [-0.39, 0.29) is 5.97 Å². The van der Waals surface area contributed by atoms with Gasteiger partial charge in [0.15, 0.2) is 8.32 Å². The van der Waals surface area contributed by atoms with Gasteiger partial charge in [0.05, 0.1) is 6.42 Å². The predicted octanol–water partition coefficient (Wildman–Crippen LogP) is 0.436. The van der Waals surface area contributed by atoms with Crippen LogP contribution in [-0.4, -0.2) is 107 Å². The monoisotopic (exact) mass is 449 g/mol. The first kappa shape index (κ1) is 28.7. The third kappa shape index (κ3) is 19.4. The molecule has 0 bridgehead atoms. The number of rotatable bonds is 19. The van der Waals surface area contributed by atoms with E-state index < -0.39 is 16.6 Å². The highest BCUT2D eigenvalue weighted by Crippen LogP contribution is 2.14. The number of hydrogen-bond acceptors (Lipinski definition) is 8. The Morgan fingerprint density at radius 2 is 1.34 bits per heavy atom. The van der Waals surface area contributed by atoms with E-state index in [2.05, 4.69) is 58.9 Å². The van der Waals surface area contributed by atoms with Crippen molar-refractivity contribution in [3.63, 3.8) is 0 Å². The number of carbonyl (C=O) groups excluding carboxylic acids is 1. The van der Waals surface area contributed by atoms with E-state index in [0.29, 0.717) is 19.2 Å². The van der Waals surface area contributed by atoms with Crippen molar-refractivity contribution >= 4 is 22.6 Å². The summed E-state index contributed by atoms with van der Waals surface area (Å²) < 4.78 is 11.7. The lowest BCUT2D eigenvalue weighted by molar-refractivity contribution is -0.141. The van der Waals surface area contributed by atoms with Crippen LogP contribution in [0, 0.1) is 0 Å². The fourth-order valence-electron chi connectivity index (χ4n) is 2.92. The SMILES string of the molecule is CNCCNCCN(CCNC)CCNCCC(=O)OC[Si](C)(C)O[Si](C)(C)C. The quantitative estimate of drug-likeness (QED) is 0.128. The van der Waals surface area contributed by atoms with E-state index in [1.165, 1.54) is 0 Å². The zero-order chi connectivity index (χ0) is 22.2. The first-order valence-electron chi connectivity index (χ1n) is 10.9. The summed E-state index contributed by atoms with van der Waals surface area (Å²) in [5, 5.41) is 13.1. The zero-order valence-electron chi connectivity index (χ0n) is 20.0. The van der Waals surface area contributed by atoms with Crippen LogP contribution in [0.2, 0.25) is 32.7 Å². The maximum atomic E-state index is 12.0. The Morgan fingerprint density at radius 3 is 1.90 bits per heavy atom. The van der Waals surface area contributed by atoms with E-state index in [4.69, 9.17) is 8.85 Å². The number of nitrogens with zero attached hydrogens (tertiary/aromatic N) is 1. The van der Waals surface area contributed by atoms with Crippen molar-refractivity contribution in [2.45, 2.75) is 39.2 Å². The van der Waals surface area contributed by atoms with Crippen LogP contribution in [0.15, 0.2) is 0 Å². The van der Waals surface area contributed by atoms with Crippen molar-refractivity contribution < 1.29 is 13.6 Å². The van der Waals surface area contributed by atoms with E-state index in [1.807, 2.05) is 14.1 Å². The van der Waals surface area contributed by atoms with Gasteiger partial charge in [-0.25, -0.2) is 0 Å². The highest BCUT2D eigenvalue weighted by molar-refractivity contribution is 6.84. The third-order valence-corrected chi connectivity index (χ3v) is 9.61. The number of likely N-dealkylation sites (N-methyl/N-ethyl adjacent to an activating group) is 2. The standard InChI is InChI=1S/C19H47N5O3Si2/c1-20-10-11-23-14-17-24(15-12-21-2)16-13-22-9-8-19(25)26-18-29(6,7)27-28(3,4)5/h20-23H,8-18H2,1-7H3. The van der Waals surface area contributed by atoms with Gasteiger partial charge >= 0.3 is 5.97 Å². The fraction of sp³-hybridized carbons (Fsp3) is 0.947. The van der Waals surface area contributed by atoms with Crippen molar-refractivity contribution in [2.24, 2.45) is 0 Å². The molecule has 0 saturated carbocycles. The van der Waals surface area contributed by atoms with Crippen molar-refractivity contribution in [1.29, 1.82) is 0 Å². The lowest BCUT2D eigenvalue weighted by atomic mass is 10.4. The molecule has 0 aromatic rings. The summed E-state index contributed by atoms with van der Waals surface area (Å²) in [5.41, 5.74) is 0. The Labute approximate surface area is 181 Å². The van der Waals surface area contributed by atoms with Crippen molar-refractivity contribution in [3.05, 3.63) is 0 Å². The molecule has 0 unspecified atom stereocenters. The third-order valence-electron chi connectivity index (χ3n) is 4.11. The summed E-state index contributed by atoms with van der Waals surface area (Å²) in [6.07, 6.45) is 0.841. The van der Waals surface area contributed by atoms with Gasteiger partial charge in [0, 0.05) is 58.9 Å². The van der Waals surface area contributed by atoms with Crippen molar-refractivity contribution in [3.8, 4) is 0 Å². The molecule has 0 radical (unpaired) electrons. The molecule has 0 atom stereocenters. The van der Waals surface area contributed by atoms with E-state index in [1.54, 1.807) is 0 Å². The molecular weight excluding hydrogens is 402 g/mol. The molecule has 0 aromatic heterocycles. The molecule has 0 aliphatic rings. The van der Waals surface area contributed by atoms with Gasteiger partial charge in [-0.1, -0.05) is 0 Å². The predicted molar refractivity (Wildman–Crippen MR) is 128 cm³/mol. The lowest BCUT2D eigenvalue weighted by Crippen LogP contribution is -2.46. The Kier molecular flexibility index (Phi) is 16.2. The minimum atomic E-state index is -1.93. The van der Waals surface area contributed by atoms with Crippen molar-refractivity contribution in [1.82, 2.24) is 26.2 Å². The van der Waals surface area contributed by atoms with Gasteiger partial charge in [-0.05, 0) is 46.8 Å². The van der Waals surface area contributed by atoms with E-state index in [0.717, 1.165) is 52.4 Å². The summed E-state index contributed by atoms with van der Waals surface area (Å²) in [6, 6.07) is 0. The van der Waals surface area contributed by atoms with Crippen LogP contribution in [0.3, 0.4) is 0 Å². The smallest absolute Gasteiger partial charge is 0.306 e. The first-order valence-corrected chi connectivity index (χ1v) is 17.4. The Balaban J connectivity index is 3.94. The van der Waals surface area contributed by atoms with Crippen LogP contribution in [0.4, 0.5) is 0 Å². The van der Waals surface area contributed by atoms with Gasteiger partial charge < -0.3 is 30.1 Å². The molecule has 0 heterocycles. The molecule has 0 aliphatic carbocycles. The van der Waals surface area contributed by atoms with Gasteiger partial charge in [0.25, 0.3) is 0 Å². The number of carbonyl (C=O) groups is 1. The summed E-state index contributed by atoms with van der Waals surface area (Å²) in [7, 11) is 0.417. The highest BCUT2D eigenvalue weighted by Gasteiger charge is 2.31. The van der Waals surface area contributed by atoms with Gasteiger partial charge in [0.1, 0.15) is 6.23 Å². The van der Waals surface area contributed by atoms with E-state index >= 15 is 0 Å². The molecule has 174 valence electrons. The molecule has 0 aromatic carbocycles. The summed E-state index contributed by atoms with van der Waals surface area (Å²) >= 11 is 0. The zero-order valence-corrected chi connectivity index (χ0v) is 22.0. The molecule has 8 nitrogen and oxygen atoms in total. The van der Waals surface area contributed by atoms with Crippen LogP contribution in [0.25, 0.3) is 0 Å². The topological polar surface area (TPSA) is 86.9 Å². The number of ether oxygens (including phenoxy) is 1. The second kappa shape index (κ2) is 16.4. The number of hydrogen-bond donors (Lipinski definition) is 4. The summed E-state index contributed by atoms with van der Waals surface area (Å²) in [5.74, 6) is -0.141. The second-order valence-electron chi connectivity index (χ2n) is 8.93. The Morgan fingerprint density at radius 1 is 0.793 bits per heavy atom. The number of nitrogens with one attached hydrogen (secondary N) is 4. The Hall–Kier alpha value is -0.336. The number of esters is 1. The normalized spacial score (nSPS) is 12.6. The lowest BCUT2D eigenvalue weighted by Gasteiger charge is -2.30. The molecule has 29 heavy (non-hydrogen) atoms. The molecule has 10 heteroatoms. The van der Waals surface area contributed by atoms with Crippen molar-refractivity contribution in [2.75, 3.05) is 79.2 Å². The Bertz CT molecular complexity index is 423. The molecule has 0 aliphatic heterocycles. The van der Waals surface area contributed by atoms with Crippen LogP contribution in [0.1, 0.15) is 6.42 Å². The van der Waals surface area contributed by atoms with Gasteiger partial charge in [-0.3, -0.25) is 9.69 Å². The average molecular weight is 450 g/mol. The molecule has 4 N–H and O–H groups in total. The maximum Gasteiger partial charge on any atom is 0.306 e. The minimum absolute atomic E-state index is 0.141.